The van der Waals surface area contributed by atoms with E-state index in [4.69, 9.17) is 17.3 Å². The largest absolute Gasteiger partial charge is 0.390 e. The highest BCUT2D eigenvalue weighted by atomic mass is 32.1. The first-order valence-corrected chi connectivity index (χ1v) is 3.72. The molecule has 0 aliphatic rings. The summed E-state index contributed by atoms with van der Waals surface area (Å²) in [6.07, 6.45) is -1.04. The van der Waals surface area contributed by atoms with Crippen LogP contribution in [0, 0.1) is 4.77 Å². The van der Waals surface area contributed by atoms with E-state index in [-0.39, 0.29) is 11.4 Å². The standard InChI is InChI=1S/C6H8F2N2OS/c7-5(8)2-10-4(3-11)1-9-6(10)12/h1,5,11H,2-3H2,(H,9,12). The molecule has 2 N–H and O–H groups in total. The van der Waals surface area contributed by atoms with Gasteiger partial charge in [-0.15, -0.1) is 0 Å². The Balaban J connectivity index is 2.94. The predicted octanol–water partition coefficient (Wildman–Crippen LogP) is 1.30. The molecule has 12 heavy (non-hydrogen) atoms. The summed E-state index contributed by atoms with van der Waals surface area (Å²) in [6, 6.07) is 0. The van der Waals surface area contributed by atoms with Crippen LogP contribution >= 0.6 is 12.2 Å². The first-order chi connectivity index (χ1) is 5.65. The van der Waals surface area contributed by atoms with Crippen LogP contribution in [-0.2, 0) is 13.2 Å². The van der Waals surface area contributed by atoms with Crippen molar-refractivity contribution in [2.24, 2.45) is 0 Å². The number of rotatable bonds is 3. The summed E-state index contributed by atoms with van der Waals surface area (Å²) in [6.45, 7) is -0.766. The highest BCUT2D eigenvalue weighted by Gasteiger charge is 2.08. The van der Waals surface area contributed by atoms with Gasteiger partial charge in [0.25, 0.3) is 6.43 Å². The molecule has 3 nitrogen and oxygen atoms in total. The van der Waals surface area contributed by atoms with Crippen LogP contribution in [0.2, 0.25) is 0 Å². The number of aromatic nitrogens is 2. The second-order valence-electron chi connectivity index (χ2n) is 2.24. The van der Waals surface area contributed by atoms with Crippen molar-refractivity contribution in [1.29, 1.82) is 0 Å². The number of hydrogen-bond donors (Lipinski definition) is 2. The van der Waals surface area contributed by atoms with E-state index in [1.165, 1.54) is 10.8 Å². The van der Waals surface area contributed by atoms with Crippen molar-refractivity contribution >= 4 is 12.2 Å². The van der Waals surface area contributed by atoms with E-state index >= 15 is 0 Å². The van der Waals surface area contributed by atoms with Gasteiger partial charge >= 0.3 is 0 Å². The van der Waals surface area contributed by atoms with E-state index in [2.05, 4.69) is 4.98 Å². The average Bonchev–Trinajstić information content (AvgIpc) is 2.32. The monoisotopic (exact) mass is 194 g/mol. The molecule has 0 bridgehead atoms. The van der Waals surface area contributed by atoms with Gasteiger partial charge in [0.1, 0.15) is 0 Å². The number of H-pyrrole nitrogens is 1. The lowest BCUT2D eigenvalue weighted by atomic mass is 10.5. The van der Waals surface area contributed by atoms with Gasteiger partial charge in [-0.25, -0.2) is 8.78 Å². The van der Waals surface area contributed by atoms with Gasteiger partial charge in [-0.05, 0) is 12.2 Å². The van der Waals surface area contributed by atoms with Gasteiger partial charge in [0.05, 0.1) is 18.8 Å². The Kier molecular flexibility index (Phi) is 2.93. The maximum atomic E-state index is 11.9. The van der Waals surface area contributed by atoms with E-state index in [0.29, 0.717) is 5.69 Å². The molecule has 1 heterocycles. The molecule has 1 aromatic rings. The van der Waals surface area contributed by atoms with Crippen molar-refractivity contribution in [2.45, 2.75) is 19.6 Å². The molecule has 0 aromatic carbocycles. The fourth-order valence-electron chi connectivity index (χ4n) is 0.900. The van der Waals surface area contributed by atoms with Crippen LogP contribution in [0.4, 0.5) is 8.78 Å². The van der Waals surface area contributed by atoms with Gasteiger partial charge in [0, 0.05) is 6.20 Å². The Morgan fingerprint density at radius 2 is 2.33 bits per heavy atom. The van der Waals surface area contributed by atoms with E-state index < -0.39 is 13.0 Å². The van der Waals surface area contributed by atoms with Gasteiger partial charge in [-0.3, -0.25) is 0 Å². The molecule has 6 heteroatoms. The SMILES string of the molecule is OCc1c[nH]c(=S)n1CC(F)F. The summed E-state index contributed by atoms with van der Waals surface area (Å²) in [5, 5.41) is 8.71. The van der Waals surface area contributed by atoms with Crippen molar-refractivity contribution in [1.82, 2.24) is 9.55 Å². The summed E-state index contributed by atoms with van der Waals surface area (Å²) in [5.74, 6) is 0. The molecule has 0 aliphatic carbocycles. The first-order valence-electron chi connectivity index (χ1n) is 3.31. The van der Waals surface area contributed by atoms with Gasteiger partial charge in [-0.1, -0.05) is 0 Å². The number of imidazole rings is 1. The summed E-state index contributed by atoms with van der Waals surface area (Å²) in [4.78, 5) is 2.58. The molecule has 68 valence electrons. The van der Waals surface area contributed by atoms with Gasteiger partial charge in [-0.2, -0.15) is 0 Å². The van der Waals surface area contributed by atoms with E-state index in [9.17, 15) is 8.78 Å². The Bertz CT molecular complexity index is 307. The number of aliphatic hydroxyl groups is 1. The second-order valence-corrected chi connectivity index (χ2v) is 2.63. The normalized spacial score (nSPS) is 11.0. The summed E-state index contributed by atoms with van der Waals surface area (Å²) in [5.41, 5.74) is 0.375. The minimum Gasteiger partial charge on any atom is -0.390 e. The topological polar surface area (TPSA) is 40.9 Å². The molecule has 0 atom stereocenters. The molecule has 0 unspecified atom stereocenters. The Morgan fingerprint density at radius 1 is 1.67 bits per heavy atom. The Hall–Kier alpha value is -0.750. The summed E-state index contributed by atoms with van der Waals surface area (Å²) < 4.78 is 25.3. The highest BCUT2D eigenvalue weighted by Crippen LogP contribution is 2.05. The van der Waals surface area contributed by atoms with Crippen molar-refractivity contribution in [3.8, 4) is 0 Å². The molecular weight excluding hydrogens is 186 g/mol. The lowest BCUT2D eigenvalue weighted by Gasteiger charge is -2.04. The number of alkyl halides is 2. The number of hydrogen-bond acceptors (Lipinski definition) is 2. The zero-order valence-electron chi connectivity index (χ0n) is 6.13. The van der Waals surface area contributed by atoms with Crippen LogP contribution in [0.5, 0.6) is 0 Å². The van der Waals surface area contributed by atoms with Crippen LogP contribution in [0.3, 0.4) is 0 Å². The quantitative estimate of drug-likeness (QED) is 0.712. The first kappa shape index (κ1) is 9.34. The molecule has 1 rings (SSSR count). The number of aromatic amines is 1. The predicted molar refractivity (Wildman–Crippen MR) is 41.5 cm³/mol. The molecule has 1 aromatic heterocycles. The third-order valence-corrected chi connectivity index (χ3v) is 1.77. The van der Waals surface area contributed by atoms with Gasteiger partial charge in [0.2, 0.25) is 0 Å². The average molecular weight is 194 g/mol. The highest BCUT2D eigenvalue weighted by molar-refractivity contribution is 7.71. The number of nitrogens with zero attached hydrogens (tertiary/aromatic N) is 1. The van der Waals surface area contributed by atoms with Gasteiger partial charge < -0.3 is 14.7 Å². The molecule has 0 fully saturated rings. The van der Waals surface area contributed by atoms with Crippen LogP contribution < -0.4 is 0 Å². The Labute approximate surface area is 72.6 Å². The number of nitrogens with one attached hydrogen (secondary N) is 1. The van der Waals surface area contributed by atoms with E-state index in [0.717, 1.165) is 0 Å². The van der Waals surface area contributed by atoms with Crippen LogP contribution in [0.25, 0.3) is 0 Å². The van der Waals surface area contributed by atoms with E-state index in [1.54, 1.807) is 0 Å². The summed E-state index contributed by atoms with van der Waals surface area (Å²) in [7, 11) is 0. The maximum Gasteiger partial charge on any atom is 0.256 e. The third-order valence-electron chi connectivity index (χ3n) is 1.44. The third kappa shape index (κ3) is 1.89. The van der Waals surface area contributed by atoms with Crippen LogP contribution in [0.15, 0.2) is 6.20 Å². The number of halogens is 2. The molecule has 0 saturated carbocycles. The fraction of sp³-hybridized carbons (Fsp3) is 0.500. The van der Waals surface area contributed by atoms with Crippen molar-refractivity contribution in [2.75, 3.05) is 0 Å². The van der Waals surface area contributed by atoms with Crippen molar-refractivity contribution in [3.63, 3.8) is 0 Å². The van der Waals surface area contributed by atoms with Crippen LogP contribution in [-0.4, -0.2) is 21.1 Å². The Morgan fingerprint density at radius 3 is 2.83 bits per heavy atom. The van der Waals surface area contributed by atoms with Gasteiger partial charge in [0.15, 0.2) is 4.77 Å². The van der Waals surface area contributed by atoms with Crippen molar-refractivity contribution < 1.29 is 13.9 Å². The molecule has 0 aliphatic heterocycles. The lowest BCUT2D eigenvalue weighted by Crippen LogP contribution is -2.09. The molecule has 0 radical (unpaired) electrons. The minimum atomic E-state index is -2.46. The molecular formula is C6H8F2N2OS. The maximum absolute atomic E-state index is 11.9. The fourth-order valence-corrected chi connectivity index (χ4v) is 1.15. The lowest BCUT2D eigenvalue weighted by molar-refractivity contribution is 0.123. The van der Waals surface area contributed by atoms with Crippen molar-refractivity contribution in [3.05, 3.63) is 16.7 Å². The smallest absolute Gasteiger partial charge is 0.256 e. The van der Waals surface area contributed by atoms with E-state index in [1.807, 2.05) is 0 Å². The second kappa shape index (κ2) is 3.77. The van der Waals surface area contributed by atoms with Crippen LogP contribution in [0.1, 0.15) is 5.69 Å². The summed E-state index contributed by atoms with van der Waals surface area (Å²) >= 11 is 4.72. The molecule has 0 amide bonds. The zero-order chi connectivity index (χ0) is 9.14. The molecule has 0 spiro atoms. The molecule has 0 saturated heterocycles. The zero-order valence-corrected chi connectivity index (χ0v) is 6.94. The minimum absolute atomic E-state index is 0.208. The number of aliphatic hydroxyl groups excluding tert-OH is 1.